The number of carbonyl (C=O) groups is 1. The Balaban J connectivity index is 1.66. The number of aryl methyl sites for hydroxylation is 1. The van der Waals surface area contributed by atoms with Gasteiger partial charge in [0.1, 0.15) is 5.69 Å². The van der Waals surface area contributed by atoms with Gasteiger partial charge in [0, 0.05) is 12.1 Å². The van der Waals surface area contributed by atoms with Crippen molar-refractivity contribution in [2.75, 3.05) is 18.8 Å². The summed E-state index contributed by atoms with van der Waals surface area (Å²) in [7, 11) is 0. The van der Waals surface area contributed by atoms with E-state index in [1.165, 1.54) is 10.2 Å². The quantitative estimate of drug-likeness (QED) is 0.554. The van der Waals surface area contributed by atoms with Gasteiger partial charge >= 0.3 is 0 Å². The van der Waals surface area contributed by atoms with Gasteiger partial charge in [-0.1, -0.05) is 43.3 Å². The lowest BCUT2D eigenvalue weighted by Crippen LogP contribution is -2.27. The second kappa shape index (κ2) is 8.41. The van der Waals surface area contributed by atoms with Gasteiger partial charge in [0.05, 0.1) is 5.71 Å². The van der Waals surface area contributed by atoms with Gasteiger partial charge in [-0.3, -0.25) is 9.69 Å². The van der Waals surface area contributed by atoms with E-state index in [0.717, 1.165) is 37.2 Å². The lowest BCUT2D eigenvalue weighted by molar-refractivity contribution is 0.0944. The normalized spacial score (nSPS) is 14.4. The largest absolute Gasteiger partial charge is 0.378 e. The molecule has 1 aliphatic carbocycles. The van der Waals surface area contributed by atoms with Crippen molar-refractivity contribution in [3.63, 3.8) is 0 Å². The Morgan fingerprint density at radius 1 is 1.27 bits per heavy atom. The summed E-state index contributed by atoms with van der Waals surface area (Å²) in [5.41, 5.74) is 12.3. The number of aromatic nitrogens is 5. The van der Waals surface area contributed by atoms with Gasteiger partial charge in [-0.15, -0.1) is 5.10 Å². The SMILES string of the molecule is CCN(CC)Cc1nnn(-c2nonc2N)c1C(=O)N/N=C1/CCc2ccccc21. The van der Waals surface area contributed by atoms with E-state index in [4.69, 9.17) is 5.73 Å². The zero-order valence-electron chi connectivity index (χ0n) is 16.9. The van der Waals surface area contributed by atoms with Crippen LogP contribution in [0.4, 0.5) is 5.82 Å². The van der Waals surface area contributed by atoms with Crippen molar-refractivity contribution < 1.29 is 9.42 Å². The maximum absolute atomic E-state index is 13.1. The highest BCUT2D eigenvalue weighted by Gasteiger charge is 2.26. The molecule has 1 aliphatic rings. The molecule has 0 fully saturated rings. The first-order chi connectivity index (χ1) is 14.6. The molecule has 0 aliphatic heterocycles. The Bertz CT molecular complexity index is 1080. The van der Waals surface area contributed by atoms with Crippen LogP contribution in [0.25, 0.3) is 5.82 Å². The summed E-state index contributed by atoms with van der Waals surface area (Å²) in [5.74, 6) is -0.335. The van der Waals surface area contributed by atoms with Crippen molar-refractivity contribution >= 4 is 17.4 Å². The number of amides is 1. The molecule has 3 aromatic rings. The number of hydrogen-bond acceptors (Lipinski definition) is 9. The van der Waals surface area contributed by atoms with E-state index in [2.05, 4.69) is 46.7 Å². The fourth-order valence-corrected chi connectivity index (χ4v) is 3.49. The molecule has 4 rings (SSSR count). The van der Waals surface area contributed by atoms with Gasteiger partial charge in [-0.05, 0) is 41.8 Å². The Labute approximate surface area is 172 Å². The third-order valence-corrected chi connectivity index (χ3v) is 5.17. The highest BCUT2D eigenvalue weighted by molar-refractivity contribution is 6.05. The molecule has 0 bridgehead atoms. The average Bonchev–Trinajstić information content (AvgIpc) is 3.48. The molecule has 0 saturated heterocycles. The van der Waals surface area contributed by atoms with E-state index >= 15 is 0 Å². The first-order valence-corrected chi connectivity index (χ1v) is 9.82. The van der Waals surface area contributed by atoms with Gasteiger partial charge in [-0.25, -0.2) is 10.1 Å². The molecular weight excluding hydrogens is 386 g/mol. The smallest absolute Gasteiger partial charge is 0.292 e. The van der Waals surface area contributed by atoms with Gasteiger partial charge in [0.25, 0.3) is 5.91 Å². The molecule has 30 heavy (non-hydrogen) atoms. The number of nitrogens with two attached hydrogens (primary N) is 1. The fraction of sp³-hybridized carbons (Fsp3) is 0.368. The second-order valence-corrected chi connectivity index (χ2v) is 6.89. The van der Waals surface area contributed by atoms with Crippen LogP contribution in [0.5, 0.6) is 0 Å². The molecule has 11 heteroatoms. The molecular formula is C19H23N9O2. The van der Waals surface area contributed by atoms with Crippen LogP contribution in [-0.4, -0.2) is 54.9 Å². The second-order valence-electron chi connectivity index (χ2n) is 6.89. The Hall–Kier alpha value is -3.60. The first-order valence-electron chi connectivity index (χ1n) is 9.82. The summed E-state index contributed by atoms with van der Waals surface area (Å²) >= 11 is 0. The first kappa shape index (κ1) is 19.7. The van der Waals surface area contributed by atoms with Crippen LogP contribution < -0.4 is 11.2 Å². The van der Waals surface area contributed by atoms with Crippen LogP contribution in [0.1, 0.15) is 47.6 Å². The predicted octanol–water partition coefficient (Wildman–Crippen LogP) is 1.15. The Morgan fingerprint density at radius 2 is 2.07 bits per heavy atom. The minimum atomic E-state index is -0.457. The summed E-state index contributed by atoms with van der Waals surface area (Å²) < 4.78 is 5.90. The number of nitrogens with one attached hydrogen (secondary N) is 1. The van der Waals surface area contributed by atoms with Crippen molar-refractivity contribution in [1.82, 2.24) is 35.6 Å². The molecule has 1 aromatic carbocycles. The molecule has 2 aromatic heterocycles. The number of hydrogen-bond donors (Lipinski definition) is 2. The van der Waals surface area contributed by atoms with Crippen molar-refractivity contribution in [2.24, 2.45) is 5.10 Å². The molecule has 0 unspecified atom stereocenters. The Morgan fingerprint density at radius 3 is 2.80 bits per heavy atom. The van der Waals surface area contributed by atoms with Crippen LogP contribution in [0.15, 0.2) is 34.0 Å². The number of fused-ring (bicyclic) bond motifs is 1. The third-order valence-electron chi connectivity index (χ3n) is 5.17. The summed E-state index contributed by atoms with van der Waals surface area (Å²) in [5, 5.41) is 19.9. The van der Waals surface area contributed by atoms with Gasteiger partial charge in [0.2, 0.25) is 11.6 Å². The molecule has 11 nitrogen and oxygen atoms in total. The molecule has 0 atom stereocenters. The minimum absolute atomic E-state index is 0.0133. The highest BCUT2D eigenvalue weighted by Crippen LogP contribution is 2.22. The zero-order valence-corrected chi connectivity index (χ0v) is 16.9. The van der Waals surface area contributed by atoms with Crippen LogP contribution in [0.2, 0.25) is 0 Å². The number of nitrogens with zero attached hydrogens (tertiary/aromatic N) is 7. The molecule has 156 valence electrons. The third kappa shape index (κ3) is 3.66. The summed E-state index contributed by atoms with van der Waals surface area (Å²) in [4.78, 5) is 15.2. The number of rotatable bonds is 7. The van der Waals surface area contributed by atoms with Crippen molar-refractivity contribution in [1.29, 1.82) is 0 Å². The monoisotopic (exact) mass is 409 g/mol. The molecule has 0 spiro atoms. The number of anilines is 1. The van der Waals surface area contributed by atoms with Gasteiger partial charge in [0.15, 0.2) is 5.69 Å². The van der Waals surface area contributed by atoms with Gasteiger partial charge < -0.3 is 5.73 Å². The van der Waals surface area contributed by atoms with E-state index in [1.807, 2.05) is 32.0 Å². The molecule has 3 N–H and O–H groups in total. The van der Waals surface area contributed by atoms with Crippen LogP contribution in [-0.2, 0) is 13.0 Å². The summed E-state index contributed by atoms with van der Waals surface area (Å²) in [6, 6.07) is 8.04. The van der Waals surface area contributed by atoms with Crippen LogP contribution in [0.3, 0.4) is 0 Å². The summed E-state index contributed by atoms with van der Waals surface area (Å²) in [6.45, 7) is 6.13. The van der Waals surface area contributed by atoms with E-state index in [1.54, 1.807) is 0 Å². The maximum Gasteiger partial charge on any atom is 0.292 e. The topological polar surface area (TPSA) is 140 Å². The minimum Gasteiger partial charge on any atom is -0.378 e. The number of nitrogen functional groups attached to an aromatic ring is 1. The standard InChI is InChI=1S/C19H23N9O2/c1-3-27(4-2)11-15-16(28(26-22-15)18-17(20)24-30-25-18)19(29)23-21-14-10-9-12-7-5-6-8-13(12)14/h5-8H,3-4,9-11H2,1-2H3,(H2,20,24)(H,23,29)/b21-14-. The Kier molecular flexibility index (Phi) is 5.53. The van der Waals surface area contributed by atoms with Crippen LogP contribution in [0, 0.1) is 0 Å². The van der Waals surface area contributed by atoms with Crippen molar-refractivity contribution in [2.45, 2.75) is 33.2 Å². The zero-order chi connectivity index (χ0) is 21.1. The number of carbonyl (C=O) groups excluding carboxylic acids is 1. The number of hydrazone groups is 1. The van der Waals surface area contributed by atoms with E-state index in [-0.39, 0.29) is 17.3 Å². The number of benzene rings is 1. The molecule has 0 radical (unpaired) electrons. The van der Waals surface area contributed by atoms with Crippen molar-refractivity contribution in [3.05, 3.63) is 46.8 Å². The van der Waals surface area contributed by atoms with Crippen LogP contribution >= 0.6 is 0 Å². The molecule has 0 saturated carbocycles. The predicted molar refractivity (Wildman–Crippen MR) is 109 cm³/mol. The average molecular weight is 409 g/mol. The van der Waals surface area contributed by atoms with E-state index in [0.29, 0.717) is 12.2 Å². The summed E-state index contributed by atoms with van der Waals surface area (Å²) in [6.07, 6.45) is 1.67. The van der Waals surface area contributed by atoms with Crippen molar-refractivity contribution in [3.8, 4) is 5.82 Å². The van der Waals surface area contributed by atoms with E-state index in [9.17, 15) is 4.79 Å². The van der Waals surface area contributed by atoms with E-state index < -0.39 is 5.91 Å². The highest BCUT2D eigenvalue weighted by atomic mass is 16.6. The molecule has 1 amide bonds. The lowest BCUT2D eigenvalue weighted by Gasteiger charge is -2.16. The fourth-order valence-electron chi connectivity index (χ4n) is 3.49. The molecule has 2 heterocycles. The van der Waals surface area contributed by atoms with Gasteiger partial charge in [-0.2, -0.15) is 9.78 Å². The lowest BCUT2D eigenvalue weighted by atomic mass is 10.1. The maximum atomic E-state index is 13.1.